The highest BCUT2D eigenvalue weighted by Crippen LogP contribution is 2.33. The summed E-state index contributed by atoms with van der Waals surface area (Å²) in [5.74, 6) is -0.910. The largest absolute Gasteiger partial charge is 0.453 e. The molecule has 0 saturated heterocycles. The Bertz CT molecular complexity index is 971. The van der Waals surface area contributed by atoms with Crippen molar-refractivity contribution >= 4 is 39.0 Å². The molecule has 1 heterocycles. The van der Waals surface area contributed by atoms with Crippen LogP contribution in [0.3, 0.4) is 0 Å². The van der Waals surface area contributed by atoms with Crippen LogP contribution in [0.1, 0.15) is 28.4 Å². The van der Waals surface area contributed by atoms with Gasteiger partial charge in [0.15, 0.2) is 9.84 Å². The minimum absolute atomic E-state index is 0.0461. The van der Waals surface area contributed by atoms with Gasteiger partial charge in [0.05, 0.1) is 27.6 Å². The van der Waals surface area contributed by atoms with Crippen LogP contribution in [-0.2, 0) is 19.4 Å². The average Bonchev–Trinajstić information content (AvgIpc) is 2.85. The van der Waals surface area contributed by atoms with Gasteiger partial charge in [-0.3, -0.25) is 4.79 Å². The summed E-state index contributed by atoms with van der Waals surface area (Å²) in [6.07, 6.45) is 0.291. The molecule has 2 aromatic rings. The molecule has 1 aliphatic rings. The molecule has 2 aromatic carbocycles. The zero-order valence-electron chi connectivity index (χ0n) is 13.2. The third-order valence-electron chi connectivity index (χ3n) is 3.79. The maximum absolute atomic E-state index is 12.3. The van der Waals surface area contributed by atoms with E-state index in [1.165, 1.54) is 18.2 Å². The van der Waals surface area contributed by atoms with Crippen molar-refractivity contribution in [3.05, 3.63) is 58.6 Å². The van der Waals surface area contributed by atoms with Gasteiger partial charge in [-0.15, -0.1) is 0 Å². The molecule has 0 saturated carbocycles. The van der Waals surface area contributed by atoms with Crippen molar-refractivity contribution in [3.8, 4) is 0 Å². The number of rotatable bonds is 4. The fourth-order valence-corrected chi connectivity index (χ4v) is 3.38. The van der Waals surface area contributed by atoms with E-state index in [0.717, 1.165) is 6.26 Å². The molecule has 0 bridgehead atoms. The van der Waals surface area contributed by atoms with E-state index in [-0.39, 0.29) is 22.0 Å². The van der Waals surface area contributed by atoms with Crippen LogP contribution in [0, 0.1) is 0 Å². The fourth-order valence-electron chi connectivity index (χ4n) is 2.57. The Morgan fingerprint density at radius 1 is 1.24 bits per heavy atom. The fraction of sp³-hybridized carbons (Fsp3) is 0.176. The standard InChI is InChI=1S/C17H14ClNO5S/c1-25(22,23)10-6-7-13(18)14(8-10)19-16(20)9-15-11-4-2-3-5-12(11)17(21)24-15/h2-8,15H,9H2,1H3,(H,19,20)/t15-/m1/s1. The Labute approximate surface area is 149 Å². The Morgan fingerprint density at radius 2 is 1.96 bits per heavy atom. The average molecular weight is 380 g/mol. The summed E-state index contributed by atoms with van der Waals surface area (Å²) in [5.41, 5.74) is 1.28. The van der Waals surface area contributed by atoms with Crippen LogP contribution in [0.5, 0.6) is 0 Å². The zero-order valence-corrected chi connectivity index (χ0v) is 14.7. The van der Waals surface area contributed by atoms with Crippen LogP contribution in [0.2, 0.25) is 5.02 Å². The molecule has 25 heavy (non-hydrogen) atoms. The van der Waals surface area contributed by atoms with Crippen LogP contribution in [0.4, 0.5) is 5.69 Å². The van der Waals surface area contributed by atoms with Gasteiger partial charge in [-0.05, 0) is 24.3 Å². The summed E-state index contributed by atoms with van der Waals surface area (Å²) in [7, 11) is -3.43. The molecular weight excluding hydrogens is 366 g/mol. The molecule has 130 valence electrons. The van der Waals surface area contributed by atoms with Crippen molar-refractivity contribution in [1.29, 1.82) is 0 Å². The van der Waals surface area contributed by atoms with E-state index in [9.17, 15) is 18.0 Å². The molecule has 0 spiro atoms. The van der Waals surface area contributed by atoms with Gasteiger partial charge in [0, 0.05) is 11.8 Å². The number of nitrogens with one attached hydrogen (secondary N) is 1. The second kappa shape index (κ2) is 6.50. The number of sulfone groups is 1. The lowest BCUT2D eigenvalue weighted by Crippen LogP contribution is -2.16. The second-order valence-electron chi connectivity index (χ2n) is 5.65. The molecule has 0 unspecified atom stereocenters. The number of ether oxygens (including phenoxy) is 1. The molecule has 8 heteroatoms. The monoisotopic (exact) mass is 379 g/mol. The van der Waals surface area contributed by atoms with Crippen molar-refractivity contribution in [1.82, 2.24) is 0 Å². The predicted molar refractivity (Wildman–Crippen MR) is 92.4 cm³/mol. The van der Waals surface area contributed by atoms with E-state index in [1.54, 1.807) is 24.3 Å². The third-order valence-corrected chi connectivity index (χ3v) is 5.23. The first-order chi connectivity index (χ1) is 11.8. The minimum Gasteiger partial charge on any atom is -0.453 e. The Hall–Kier alpha value is -2.38. The van der Waals surface area contributed by atoms with Crippen LogP contribution >= 0.6 is 11.6 Å². The van der Waals surface area contributed by atoms with Crippen molar-refractivity contribution in [2.75, 3.05) is 11.6 Å². The molecule has 0 aromatic heterocycles. The van der Waals surface area contributed by atoms with E-state index in [0.29, 0.717) is 11.1 Å². The number of esters is 1. The Balaban J connectivity index is 1.77. The summed E-state index contributed by atoms with van der Waals surface area (Å²) >= 11 is 6.02. The third kappa shape index (κ3) is 3.67. The normalized spacial score (nSPS) is 16.2. The van der Waals surface area contributed by atoms with E-state index in [4.69, 9.17) is 16.3 Å². The number of hydrogen-bond donors (Lipinski definition) is 1. The highest BCUT2D eigenvalue weighted by atomic mass is 35.5. The molecule has 0 fully saturated rings. The van der Waals surface area contributed by atoms with Gasteiger partial charge < -0.3 is 10.1 Å². The lowest BCUT2D eigenvalue weighted by atomic mass is 10.0. The number of amides is 1. The number of hydrogen-bond acceptors (Lipinski definition) is 5. The number of carbonyl (C=O) groups excluding carboxylic acids is 2. The van der Waals surface area contributed by atoms with Gasteiger partial charge in [-0.25, -0.2) is 13.2 Å². The Morgan fingerprint density at radius 3 is 2.68 bits per heavy atom. The maximum atomic E-state index is 12.3. The molecule has 1 N–H and O–H groups in total. The Kier molecular flexibility index (Phi) is 4.53. The lowest BCUT2D eigenvalue weighted by Gasteiger charge is -2.12. The molecule has 3 rings (SSSR count). The van der Waals surface area contributed by atoms with Crippen molar-refractivity contribution in [2.24, 2.45) is 0 Å². The zero-order chi connectivity index (χ0) is 18.2. The van der Waals surface area contributed by atoms with Crippen molar-refractivity contribution in [3.63, 3.8) is 0 Å². The number of fused-ring (bicyclic) bond motifs is 1. The summed E-state index contributed by atoms with van der Waals surface area (Å²) in [5, 5.41) is 2.78. The summed E-state index contributed by atoms with van der Waals surface area (Å²) in [6, 6.07) is 10.9. The number of anilines is 1. The summed E-state index contributed by atoms with van der Waals surface area (Å²) < 4.78 is 28.5. The van der Waals surface area contributed by atoms with Crippen LogP contribution in [0.25, 0.3) is 0 Å². The molecule has 0 radical (unpaired) electrons. The number of halogens is 1. The van der Waals surface area contributed by atoms with Crippen LogP contribution in [-0.4, -0.2) is 26.6 Å². The topological polar surface area (TPSA) is 89.5 Å². The smallest absolute Gasteiger partial charge is 0.339 e. The van der Waals surface area contributed by atoms with Crippen LogP contribution < -0.4 is 5.32 Å². The first-order valence-electron chi connectivity index (χ1n) is 7.35. The number of cyclic esters (lactones) is 1. The van der Waals surface area contributed by atoms with E-state index >= 15 is 0 Å². The van der Waals surface area contributed by atoms with Gasteiger partial charge in [0.2, 0.25) is 5.91 Å². The van der Waals surface area contributed by atoms with Gasteiger partial charge in [-0.2, -0.15) is 0 Å². The number of carbonyl (C=O) groups is 2. The van der Waals surface area contributed by atoms with E-state index in [1.807, 2.05) is 0 Å². The maximum Gasteiger partial charge on any atom is 0.339 e. The minimum atomic E-state index is -3.43. The van der Waals surface area contributed by atoms with Crippen LogP contribution in [0.15, 0.2) is 47.4 Å². The molecule has 1 aliphatic heterocycles. The molecule has 6 nitrogen and oxygen atoms in total. The molecule has 1 atom stereocenters. The summed E-state index contributed by atoms with van der Waals surface area (Å²) in [6.45, 7) is 0. The summed E-state index contributed by atoms with van der Waals surface area (Å²) in [4.78, 5) is 24.1. The molecule has 0 aliphatic carbocycles. The highest BCUT2D eigenvalue weighted by Gasteiger charge is 2.32. The van der Waals surface area contributed by atoms with Crippen molar-refractivity contribution in [2.45, 2.75) is 17.4 Å². The molecule has 1 amide bonds. The van der Waals surface area contributed by atoms with Gasteiger partial charge in [-0.1, -0.05) is 29.8 Å². The van der Waals surface area contributed by atoms with Gasteiger partial charge in [0.25, 0.3) is 0 Å². The number of benzene rings is 2. The first kappa shape index (κ1) is 17.4. The SMILES string of the molecule is CS(=O)(=O)c1ccc(Cl)c(NC(=O)C[C@H]2OC(=O)c3ccccc32)c1. The predicted octanol–water partition coefficient (Wildman–Crippen LogP) is 2.98. The highest BCUT2D eigenvalue weighted by molar-refractivity contribution is 7.90. The van der Waals surface area contributed by atoms with E-state index in [2.05, 4.69) is 5.32 Å². The first-order valence-corrected chi connectivity index (χ1v) is 9.62. The van der Waals surface area contributed by atoms with Gasteiger partial charge in [0.1, 0.15) is 6.10 Å². The van der Waals surface area contributed by atoms with E-state index < -0.39 is 27.8 Å². The second-order valence-corrected chi connectivity index (χ2v) is 8.07. The lowest BCUT2D eigenvalue weighted by molar-refractivity contribution is -0.118. The molecular formula is C17H14ClNO5S. The van der Waals surface area contributed by atoms with Gasteiger partial charge >= 0.3 is 5.97 Å². The quantitative estimate of drug-likeness (QED) is 0.825. The van der Waals surface area contributed by atoms with Crippen molar-refractivity contribution < 1.29 is 22.7 Å².